The van der Waals surface area contributed by atoms with Crippen molar-refractivity contribution in [2.24, 2.45) is 0 Å². The first-order chi connectivity index (χ1) is 11.6. The summed E-state index contributed by atoms with van der Waals surface area (Å²) in [6, 6.07) is 11.9. The largest absolute Gasteiger partial charge is 0.422 e. The molecule has 0 fully saturated rings. The Labute approximate surface area is 151 Å². The molecule has 3 aromatic rings. The van der Waals surface area contributed by atoms with Crippen molar-refractivity contribution in [3.63, 3.8) is 0 Å². The maximum atomic E-state index is 12.5. The van der Waals surface area contributed by atoms with Gasteiger partial charge in [0.1, 0.15) is 10.6 Å². The molecule has 0 saturated heterocycles. The Morgan fingerprint density at radius 1 is 1.04 bits per heavy atom. The van der Waals surface area contributed by atoms with Gasteiger partial charge in [0.15, 0.2) is 5.78 Å². The fourth-order valence-electron chi connectivity index (χ4n) is 1.96. The van der Waals surface area contributed by atoms with Crippen LogP contribution >= 0.6 is 34.3 Å². The molecule has 0 bridgehead atoms. The van der Waals surface area contributed by atoms with E-state index in [0.29, 0.717) is 9.90 Å². The molecule has 0 unspecified atom stereocenters. The van der Waals surface area contributed by atoms with Crippen molar-refractivity contribution < 1.29 is 14.3 Å². The summed E-state index contributed by atoms with van der Waals surface area (Å²) in [6.07, 6.45) is 3.17. The minimum Gasteiger partial charge on any atom is -0.422 e. The number of allylic oxidation sites excluding steroid dienone is 1. The van der Waals surface area contributed by atoms with Gasteiger partial charge in [0.25, 0.3) is 0 Å². The smallest absolute Gasteiger partial charge is 0.353 e. The molecule has 0 aliphatic carbocycles. The number of carbonyl (C=O) groups is 2. The zero-order chi connectivity index (χ0) is 16.9. The summed E-state index contributed by atoms with van der Waals surface area (Å²) >= 11 is 8.79. The van der Waals surface area contributed by atoms with Crippen LogP contribution in [0.1, 0.15) is 24.9 Å². The van der Waals surface area contributed by atoms with Gasteiger partial charge in [-0.1, -0.05) is 23.7 Å². The Morgan fingerprint density at radius 2 is 1.83 bits per heavy atom. The monoisotopic (exact) mass is 374 g/mol. The predicted octanol–water partition coefficient (Wildman–Crippen LogP) is 5.58. The lowest BCUT2D eigenvalue weighted by molar-refractivity contribution is 0.0738. The molecule has 0 amide bonds. The lowest BCUT2D eigenvalue weighted by Gasteiger charge is -2.08. The highest BCUT2D eigenvalue weighted by atomic mass is 35.5. The van der Waals surface area contributed by atoms with E-state index in [9.17, 15) is 9.59 Å². The number of carbonyl (C=O) groups excluding carboxylic acids is 2. The average Bonchev–Trinajstić information content (AvgIpc) is 3.27. The van der Waals surface area contributed by atoms with E-state index in [1.807, 2.05) is 17.5 Å². The van der Waals surface area contributed by atoms with Gasteiger partial charge in [-0.2, -0.15) is 0 Å². The van der Waals surface area contributed by atoms with Crippen LogP contribution in [0.25, 0.3) is 6.08 Å². The highest BCUT2D eigenvalue weighted by Gasteiger charge is 2.16. The van der Waals surface area contributed by atoms with Gasteiger partial charge in [-0.3, -0.25) is 4.79 Å². The lowest BCUT2D eigenvalue weighted by Crippen LogP contribution is -2.09. The van der Waals surface area contributed by atoms with Crippen molar-refractivity contribution in [3.05, 3.63) is 79.6 Å². The normalized spacial score (nSPS) is 10.9. The second kappa shape index (κ2) is 7.57. The Hall–Kier alpha value is -2.21. The molecule has 120 valence electrons. The third-order valence-electron chi connectivity index (χ3n) is 3.07. The molecule has 0 atom stereocenters. The van der Waals surface area contributed by atoms with Crippen LogP contribution in [0.15, 0.2) is 59.3 Å². The quantitative estimate of drug-likeness (QED) is 0.253. The standard InChI is InChI=1S/C18H11ClO3S2/c19-12-5-8-16(22-18(21)17-4-2-10-24-17)14(11-12)15(20)7-6-13-3-1-9-23-13/h1-11H. The number of rotatable bonds is 5. The summed E-state index contributed by atoms with van der Waals surface area (Å²) in [5, 5.41) is 4.12. The molecule has 0 N–H and O–H groups in total. The summed E-state index contributed by atoms with van der Waals surface area (Å²) < 4.78 is 5.36. The Bertz CT molecular complexity index is 881. The van der Waals surface area contributed by atoms with Crippen LogP contribution < -0.4 is 4.74 Å². The number of halogens is 1. The van der Waals surface area contributed by atoms with Crippen molar-refractivity contribution in [2.45, 2.75) is 0 Å². The van der Waals surface area contributed by atoms with E-state index in [1.54, 1.807) is 29.7 Å². The lowest BCUT2D eigenvalue weighted by atomic mass is 10.1. The minimum absolute atomic E-state index is 0.193. The SMILES string of the molecule is O=C(Oc1ccc(Cl)cc1C(=O)C=Cc1cccs1)c1cccs1. The van der Waals surface area contributed by atoms with Crippen LogP contribution in [0, 0.1) is 0 Å². The number of hydrogen-bond donors (Lipinski definition) is 0. The second-order valence-electron chi connectivity index (χ2n) is 4.72. The predicted molar refractivity (Wildman–Crippen MR) is 98.4 cm³/mol. The molecule has 1 aromatic carbocycles. The van der Waals surface area contributed by atoms with E-state index in [-0.39, 0.29) is 17.1 Å². The second-order valence-corrected chi connectivity index (χ2v) is 7.08. The zero-order valence-electron chi connectivity index (χ0n) is 12.3. The van der Waals surface area contributed by atoms with Crippen LogP contribution in [0.5, 0.6) is 5.75 Å². The molecular formula is C18H11ClO3S2. The van der Waals surface area contributed by atoms with Gasteiger partial charge in [0, 0.05) is 9.90 Å². The molecule has 0 aliphatic rings. The molecule has 24 heavy (non-hydrogen) atoms. The molecule has 3 nitrogen and oxygen atoms in total. The van der Waals surface area contributed by atoms with Gasteiger partial charge in [-0.15, -0.1) is 22.7 Å². The average molecular weight is 375 g/mol. The van der Waals surface area contributed by atoms with Crippen LogP contribution in [0.3, 0.4) is 0 Å². The van der Waals surface area contributed by atoms with Gasteiger partial charge in [0.2, 0.25) is 0 Å². The van der Waals surface area contributed by atoms with Gasteiger partial charge in [0.05, 0.1) is 5.56 Å². The molecule has 0 saturated carbocycles. The van der Waals surface area contributed by atoms with Crippen molar-refractivity contribution in [1.29, 1.82) is 0 Å². The van der Waals surface area contributed by atoms with Crippen LogP contribution in [-0.2, 0) is 0 Å². The van der Waals surface area contributed by atoms with E-state index in [1.165, 1.54) is 40.9 Å². The molecule has 6 heteroatoms. The number of hydrogen-bond acceptors (Lipinski definition) is 5. The summed E-state index contributed by atoms with van der Waals surface area (Å²) in [5.74, 6) is -0.581. The van der Waals surface area contributed by atoms with E-state index in [4.69, 9.17) is 16.3 Å². The third kappa shape index (κ3) is 4.00. The maximum Gasteiger partial charge on any atom is 0.353 e. The molecule has 2 heterocycles. The zero-order valence-corrected chi connectivity index (χ0v) is 14.7. The highest BCUT2D eigenvalue weighted by molar-refractivity contribution is 7.12. The van der Waals surface area contributed by atoms with Crippen molar-refractivity contribution in [1.82, 2.24) is 0 Å². The highest BCUT2D eigenvalue weighted by Crippen LogP contribution is 2.26. The van der Waals surface area contributed by atoms with Crippen LogP contribution in [0.4, 0.5) is 0 Å². The van der Waals surface area contributed by atoms with E-state index >= 15 is 0 Å². The minimum atomic E-state index is -0.497. The third-order valence-corrected chi connectivity index (χ3v) is 5.00. The first-order valence-corrected chi connectivity index (χ1v) is 9.08. The maximum absolute atomic E-state index is 12.5. The van der Waals surface area contributed by atoms with E-state index in [0.717, 1.165) is 4.88 Å². The van der Waals surface area contributed by atoms with E-state index < -0.39 is 5.97 Å². The number of ketones is 1. The van der Waals surface area contributed by atoms with Gasteiger partial charge < -0.3 is 4.74 Å². The summed E-state index contributed by atoms with van der Waals surface area (Å²) in [5.41, 5.74) is 0.250. The Kier molecular flexibility index (Phi) is 5.25. The van der Waals surface area contributed by atoms with Gasteiger partial charge >= 0.3 is 5.97 Å². The number of esters is 1. The fourth-order valence-corrected chi connectivity index (χ4v) is 3.35. The first kappa shape index (κ1) is 16.6. The molecule has 3 rings (SSSR count). The van der Waals surface area contributed by atoms with Gasteiger partial charge in [-0.25, -0.2) is 4.79 Å². The van der Waals surface area contributed by atoms with Crippen molar-refractivity contribution in [2.75, 3.05) is 0 Å². The summed E-state index contributed by atoms with van der Waals surface area (Å²) in [7, 11) is 0. The van der Waals surface area contributed by atoms with Crippen LogP contribution in [-0.4, -0.2) is 11.8 Å². The van der Waals surface area contributed by atoms with Crippen LogP contribution in [0.2, 0.25) is 5.02 Å². The molecule has 0 radical (unpaired) electrons. The summed E-state index contributed by atoms with van der Waals surface area (Å²) in [4.78, 5) is 26.0. The number of benzene rings is 1. The van der Waals surface area contributed by atoms with E-state index in [2.05, 4.69) is 0 Å². The Morgan fingerprint density at radius 3 is 2.54 bits per heavy atom. The molecule has 2 aromatic heterocycles. The fraction of sp³-hybridized carbons (Fsp3) is 0. The Balaban J connectivity index is 1.85. The molecular weight excluding hydrogens is 364 g/mol. The summed E-state index contributed by atoms with van der Waals surface area (Å²) in [6.45, 7) is 0. The molecule has 0 aliphatic heterocycles. The topological polar surface area (TPSA) is 43.4 Å². The first-order valence-electron chi connectivity index (χ1n) is 6.94. The van der Waals surface area contributed by atoms with Gasteiger partial charge in [-0.05, 0) is 53.2 Å². The number of thiophene rings is 2. The molecule has 0 spiro atoms. The van der Waals surface area contributed by atoms with Crippen molar-refractivity contribution in [3.8, 4) is 5.75 Å². The number of ether oxygens (including phenoxy) is 1. The van der Waals surface area contributed by atoms with Crippen molar-refractivity contribution >= 4 is 52.1 Å².